The number of ether oxygens (including phenoxy) is 3. The molecule has 0 saturated heterocycles. The Bertz CT molecular complexity index is 1220. The molecule has 0 heterocycles. The van der Waals surface area contributed by atoms with E-state index in [9.17, 15) is 9.59 Å². The van der Waals surface area contributed by atoms with E-state index in [0.717, 1.165) is 34.7 Å². The van der Waals surface area contributed by atoms with Crippen LogP contribution in [0.25, 0.3) is 10.8 Å². The first kappa shape index (κ1) is 25.3. The summed E-state index contributed by atoms with van der Waals surface area (Å²) >= 11 is 1.56. The molecule has 1 saturated carbocycles. The van der Waals surface area contributed by atoms with Crippen LogP contribution in [0.3, 0.4) is 0 Å². The zero-order valence-electron chi connectivity index (χ0n) is 20.1. The number of benzene rings is 3. The van der Waals surface area contributed by atoms with Gasteiger partial charge in [0.05, 0.1) is 18.6 Å². The highest BCUT2D eigenvalue weighted by molar-refractivity contribution is 14.1. The molecule has 0 bridgehead atoms. The standard InChI is InChI=1S/C28H29IO6/c1-18-15-22(16-24(25(18)32-3)26(30)35-29)34-21-11-13-28(2,14-12-21)27(31)33-17-20-9-6-8-19-7-4-5-10-23(19)20/h4-10,15-16,21H,11-14,17H2,1-3H3/t21-,28+. The number of carbonyl (C=O) groups is 2. The Balaban J connectivity index is 1.37. The molecule has 3 aromatic rings. The van der Waals surface area contributed by atoms with Crippen LogP contribution in [-0.4, -0.2) is 25.2 Å². The van der Waals surface area contributed by atoms with E-state index in [1.807, 2.05) is 44.2 Å². The molecule has 0 amide bonds. The highest BCUT2D eigenvalue weighted by Gasteiger charge is 2.39. The van der Waals surface area contributed by atoms with Gasteiger partial charge in [0.2, 0.25) is 0 Å². The van der Waals surface area contributed by atoms with Crippen molar-refractivity contribution in [2.24, 2.45) is 5.41 Å². The van der Waals surface area contributed by atoms with Gasteiger partial charge in [-0.15, -0.1) is 0 Å². The molecule has 1 fully saturated rings. The van der Waals surface area contributed by atoms with E-state index in [1.54, 1.807) is 29.1 Å². The van der Waals surface area contributed by atoms with Crippen LogP contribution >= 0.6 is 23.0 Å². The van der Waals surface area contributed by atoms with Gasteiger partial charge >= 0.3 is 11.9 Å². The molecule has 0 radical (unpaired) electrons. The molecule has 6 nitrogen and oxygen atoms in total. The van der Waals surface area contributed by atoms with Crippen LogP contribution in [0.15, 0.2) is 54.6 Å². The lowest BCUT2D eigenvalue weighted by Crippen LogP contribution is -2.37. The highest BCUT2D eigenvalue weighted by atomic mass is 127. The second-order valence-electron chi connectivity index (χ2n) is 9.28. The summed E-state index contributed by atoms with van der Waals surface area (Å²) in [5.74, 6) is 0.411. The Kier molecular flexibility index (Phi) is 7.84. The highest BCUT2D eigenvalue weighted by Crippen LogP contribution is 2.39. The van der Waals surface area contributed by atoms with Crippen molar-refractivity contribution in [2.45, 2.75) is 52.2 Å². The second-order valence-corrected chi connectivity index (χ2v) is 9.72. The van der Waals surface area contributed by atoms with Gasteiger partial charge in [-0.1, -0.05) is 42.5 Å². The molecule has 0 spiro atoms. The van der Waals surface area contributed by atoms with E-state index in [4.69, 9.17) is 17.3 Å². The summed E-state index contributed by atoms with van der Waals surface area (Å²) in [6.45, 7) is 4.09. The number of aryl methyl sites for hydroxylation is 1. The van der Waals surface area contributed by atoms with Crippen LogP contribution in [0.5, 0.6) is 11.5 Å². The maximum absolute atomic E-state index is 13.0. The summed E-state index contributed by atoms with van der Waals surface area (Å²) in [5, 5.41) is 2.24. The van der Waals surface area contributed by atoms with Crippen LogP contribution in [0, 0.1) is 12.3 Å². The van der Waals surface area contributed by atoms with E-state index in [1.165, 1.54) is 7.11 Å². The molecule has 3 aromatic carbocycles. The molecule has 4 rings (SSSR count). The van der Waals surface area contributed by atoms with Gasteiger partial charge in [-0.25, -0.2) is 4.79 Å². The Morgan fingerprint density at radius 3 is 2.49 bits per heavy atom. The third-order valence-corrected chi connectivity index (χ3v) is 7.21. The normalized spacial score (nSPS) is 19.7. The van der Waals surface area contributed by atoms with Crippen LogP contribution in [-0.2, 0) is 19.2 Å². The van der Waals surface area contributed by atoms with Crippen molar-refractivity contribution in [2.75, 3.05) is 7.11 Å². The van der Waals surface area contributed by atoms with Crippen molar-refractivity contribution in [3.63, 3.8) is 0 Å². The molecule has 184 valence electrons. The van der Waals surface area contributed by atoms with E-state index in [-0.39, 0.29) is 18.7 Å². The number of carbonyl (C=O) groups excluding carboxylic acids is 2. The molecule has 1 aliphatic carbocycles. The minimum atomic E-state index is -0.545. The van der Waals surface area contributed by atoms with Gasteiger partial charge in [-0.2, -0.15) is 0 Å². The number of rotatable bonds is 7. The van der Waals surface area contributed by atoms with Crippen LogP contribution < -0.4 is 9.47 Å². The maximum Gasteiger partial charge on any atom is 0.351 e. The van der Waals surface area contributed by atoms with E-state index in [2.05, 4.69) is 18.2 Å². The fourth-order valence-corrected chi connectivity index (χ4v) is 4.99. The summed E-state index contributed by atoms with van der Waals surface area (Å²) in [6, 6.07) is 17.7. The number of esters is 1. The average molecular weight is 588 g/mol. The third kappa shape index (κ3) is 5.55. The molecular formula is C28H29IO6. The average Bonchev–Trinajstić information content (AvgIpc) is 2.87. The zero-order valence-corrected chi connectivity index (χ0v) is 22.3. The lowest BCUT2D eigenvalue weighted by Gasteiger charge is -2.35. The summed E-state index contributed by atoms with van der Waals surface area (Å²) < 4.78 is 22.2. The van der Waals surface area contributed by atoms with Crippen molar-refractivity contribution in [3.05, 3.63) is 71.3 Å². The molecule has 0 atom stereocenters. The van der Waals surface area contributed by atoms with Gasteiger partial charge in [0.15, 0.2) is 23.0 Å². The topological polar surface area (TPSA) is 71.1 Å². The van der Waals surface area contributed by atoms with Gasteiger partial charge in [-0.3, -0.25) is 4.79 Å². The summed E-state index contributed by atoms with van der Waals surface area (Å²) in [4.78, 5) is 25.2. The summed E-state index contributed by atoms with van der Waals surface area (Å²) in [7, 11) is 1.52. The first-order chi connectivity index (χ1) is 16.8. The summed E-state index contributed by atoms with van der Waals surface area (Å²) in [6.07, 6.45) is 2.73. The molecule has 0 N–H and O–H groups in total. The van der Waals surface area contributed by atoms with Crippen LogP contribution in [0.4, 0.5) is 0 Å². The summed E-state index contributed by atoms with van der Waals surface area (Å²) in [5.41, 5.74) is 1.58. The van der Waals surface area contributed by atoms with Gasteiger partial charge < -0.3 is 17.3 Å². The SMILES string of the molecule is COc1c(C)cc(O[C@H]2CC[C@@](C)(C(=O)OCc3cccc4ccccc34)CC2)cc1C(=O)OI. The number of hydrogen-bond donors (Lipinski definition) is 0. The Morgan fingerprint density at radius 2 is 1.77 bits per heavy atom. The van der Waals surface area contributed by atoms with Gasteiger partial charge in [0, 0.05) is 0 Å². The molecular weight excluding hydrogens is 559 g/mol. The monoisotopic (exact) mass is 588 g/mol. The number of methoxy groups -OCH3 is 1. The predicted octanol–water partition coefficient (Wildman–Crippen LogP) is 6.73. The number of halogens is 1. The van der Waals surface area contributed by atoms with E-state index in [0.29, 0.717) is 29.9 Å². The number of hydrogen-bond acceptors (Lipinski definition) is 6. The largest absolute Gasteiger partial charge is 0.496 e. The Morgan fingerprint density at radius 1 is 1.06 bits per heavy atom. The van der Waals surface area contributed by atoms with Crippen molar-refractivity contribution in [3.8, 4) is 11.5 Å². The number of fused-ring (bicyclic) bond motifs is 1. The smallest absolute Gasteiger partial charge is 0.351 e. The fourth-order valence-electron chi connectivity index (χ4n) is 4.75. The molecule has 0 aliphatic heterocycles. The van der Waals surface area contributed by atoms with Crippen molar-refractivity contribution >= 4 is 45.7 Å². The van der Waals surface area contributed by atoms with Gasteiger partial charge in [0.1, 0.15) is 23.7 Å². The maximum atomic E-state index is 13.0. The Labute approximate surface area is 219 Å². The molecule has 35 heavy (non-hydrogen) atoms. The zero-order chi connectivity index (χ0) is 25.0. The van der Waals surface area contributed by atoms with Crippen molar-refractivity contribution < 1.29 is 26.9 Å². The van der Waals surface area contributed by atoms with E-state index >= 15 is 0 Å². The van der Waals surface area contributed by atoms with Gasteiger partial charge in [0.25, 0.3) is 0 Å². The molecule has 1 aliphatic rings. The van der Waals surface area contributed by atoms with E-state index < -0.39 is 11.4 Å². The Hall–Kier alpha value is -2.81. The minimum absolute atomic E-state index is 0.0507. The van der Waals surface area contributed by atoms with Crippen molar-refractivity contribution in [1.29, 1.82) is 0 Å². The fraction of sp³-hybridized carbons (Fsp3) is 0.357. The van der Waals surface area contributed by atoms with Crippen LogP contribution in [0.2, 0.25) is 0 Å². The van der Waals surface area contributed by atoms with Gasteiger partial charge in [-0.05, 0) is 73.6 Å². The molecule has 7 heteroatoms. The first-order valence-electron chi connectivity index (χ1n) is 11.7. The quantitative estimate of drug-likeness (QED) is 0.225. The first-order valence-corrected chi connectivity index (χ1v) is 12.5. The second kappa shape index (κ2) is 10.8. The predicted molar refractivity (Wildman–Crippen MR) is 142 cm³/mol. The lowest BCUT2D eigenvalue weighted by atomic mass is 9.74. The minimum Gasteiger partial charge on any atom is -0.496 e. The molecule has 0 aromatic heterocycles. The van der Waals surface area contributed by atoms with Crippen LogP contribution in [0.1, 0.15) is 54.1 Å². The lowest BCUT2D eigenvalue weighted by molar-refractivity contribution is -0.159. The molecule has 0 unspecified atom stereocenters. The third-order valence-electron chi connectivity index (χ3n) is 6.81. The van der Waals surface area contributed by atoms with Crippen molar-refractivity contribution in [1.82, 2.24) is 0 Å².